The van der Waals surface area contributed by atoms with Crippen LogP contribution >= 0.6 is 27.7 Å². The van der Waals surface area contributed by atoms with Crippen molar-refractivity contribution in [1.29, 1.82) is 0 Å². The predicted molar refractivity (Wildman–Crippen MR) is 99.8 cm³/mol. The third-order valence-corrected chi connectivity index (χ3v) is 5.25. The van der Waals surface area contributed by atoms with Gasteiger partial charge in [-0.25, -0.2) is 4.99 Å². The standard InChI is InChI=1S/C17H16BrN3OS/c1-10-8-12(11(2)21(10)3)9-15-16(22)20-17(23-15)19-14-6-4-13(18)5-7-14/h4-9H,1-3H3,(H,19,20,22)/b15-9-. The van der Waals surface area contributed by atoms with Crippen molar-refractivity contribution in [3.63, 3.8) is 0 Å². The Kier molecular flexibility index (Phi) is 4.46. The van der Waals surface area contributed by atoms with Gasteiger partial charge in [-0.2, -0.15) is 0 Å². The zero-order valence-electron chi connectivity index (χ0n) is 13.1. The van der Waals surface area contributed by atoms with E-state index in [1.807, 2.05) is 44.3 Å². The summed E-state index contributed by atoms with van der Waals surface area (Å²) in [6, 6.07) is 9.73. The summed E-state index contributed by atoms with van der Waals surface area (Å²) in [4.78, 5) is 17.3. The lowest BCUT2D eigenvalue weighted by atomic mass is 10.2. The van der Waals surface area contributed by atoms with Gasteiger partial charge in [-0.15, -0.1) is 0 Å². The molecule has 3 rings (SSSR count). The molecule has 1 aromatic heterocycles. The highest BCUT2D eigenvalue weighted by atomic mass is 79.9. The number of amidine groups is 1. The van der Waals surface area contributed by atoms with Gasteiger partial charge in [0.05, 0.1) is 10.6 Å². The van der Waals surface area contributed by atoms with Gasteiger partial charge in [0.1, 0.15) is 0 Å². The molecule has 0 spiro atoms. The first-order valence-electron chi connectivity index (χ1n) is 7.12. The average Bonchev–Trinajstić information content (AvgIpc) is 2.97. The van der Waals surface area contributed by atoms with Gasteiger partial charge in [-0.1, -0.05) is 15.9 Å². The number of aromatic nitrogens is 1. The highest BCUT2D eigenvalue weighted by Crippen LogP contribution is 2.29. The number of nitrogens with zero attached hydrogens (tertiary/aromatic N) is 2. The molecule has 0 bridgehead atoms. The molecule has 2 aromatic rings. The highest BCUT2D eigenvalue weighted by molar-refractivity contribution is 9.10. The van der Waals surface area contributed by atoms with E-state index in [-0.39, 0.29) is 5.91 Å². The molecule has 2 heterocycles. The lowest BCUT2D eigenvalue weighted by Gasteiger charge is -1.99. The van der Waals surface area contributed by atoms with Crippen LogP contribution < -0.4 is 5.32 Å². The number of aliphatic imine (C=N–C) groups is 1. The Morgan fingerprint density at radius 1 is 1.26 bits per heavy atom. The number of thioether (sulfide) groups is 1. The summed E-state index contributed by atoms with van der Waals surface area (Å²) >= 11 is 4.76. The van der Waals surface area contributed by atoms with E-state index in [0.29, 0.717) is 10.1 Å². The average molecular weight is 390 g/mol. The third-order valence-electron chi connectivity index (χ3n) is 3.81. The number of amides is 1. The van der Waals surface area contributed by atoms with Gasteiger partial charge in [0.2, 0.25) is 0 Å². The molecule has 1 amide bonds. The first-order valence-corrected chi connectivity index (χ1v) is 8.73. The summed E-state index contributed by atoms with van der Waals surface area (Å²) < 4.78 is 3.11. The summed E-state index contributed by atoms with van der Waals surface area (Å²) in [5, 5.41) is 3.42. The largest absolute Gasteiger partial charge is 0.352 e. The lowest BCUT2D eigenvalue weighted by molar-refractivity contribution is -0.115. The minimum atomic E-state index is -0.105. The van der Waals surface area contributed by atoms with Crippen molar-refractivity contribution in [2.45, 2.75) is 13.8 Å². The fourth-order valence-corrected chi connectivity index (χ4v) is 3.38. The van der Waals surface area contributed by atoms with Crippen molar-refractivity contribution in [2.75, 3.05) is 0 Å². The van der Waals surface area contributed by atoms with Crippen LogP contribution in [-0.4, -0.2) is 15.6 Å². The first-order chi connectivity index (χ1) is 10.9. The molecular weight excluding hydrogens is 374 g/mol. The summed E-state index contributed by atoms with van der Waals surface area (Å²) in [6.07, 6.45) is 1.92. The maximum absolute atomic E-state index is 12.1. The predicted octanol–water partition coefficient (Wildman–Crippen LogP) is 4.30. The van der Waals surface area contributed by atoms with Crippen molar-refractivity contribution in [2.24, 2.45) is 12.0 Å². The van der Waals surface area contributed by atoms with Gasteiger partial charge in [-0.05, 0) is 67.6 Å². The fourth-order valence-electron chi connectivity index (χ4n) is 2.29. The summed E-state index contributed by atoms with van der Waals surface area (Å²) in [5.41, 5.74) is 4.18. The van der Waals surface area contributed by atoms with Crippen LogP contribution in [0.25, 0.3) is 6.08 Å². The molecule has 0 atom stereocenters. The molecule has 0 aliphatic carbocycles. The Morgan fingerprint density at radius 2 is 1.96 bits per heavy atom. The van der Waals surface area contributed by atoms with E-state index in [0.717, 1.165) is 21.4 Å². The first kappa shape index (κ1) is 16.1. The van der Waals surface area contributed by atoms with Gasteiger partial charge in [-0.3, -0.25) is 4.79 Å². The quantitative estimate of drug-likeness (QED) is 0.778. The number of hydrogen-bond donors (Lipinski definition) is 1. The van der Waals surface area contributed by atoms with Gasteiger partial charge in [0, 0.05) is 22.9 Å². The van der Waals surface area contributed by atoms with Crippen molar-refractivity contribution >= 4 is 50.5 Å². The second kappa shape index (κ2) is 6.37. The number of rotatable bonds is 2. The summed E-state index contributed by atoms with van der Waals surface area (Å²) in [7, 11) is 2.02. The minimum Gasteiger partial charge on any atom is -0.352 e. The Bertz CT molecular complexity index is 834. The van der Waals surface area contributed by atoms with E-state index in [9.17, 15) is 4.79 Å². The Hall–Kier alpha value is -1.79. The SMILES string of the molecule is Cc1cc(/C=C2\SC(=Nc3ccc(Br)cc3)NC2=O)c(C)n1C. The van der Waals surface area contributed by atoms with Gasteiger partial charge in [0.25, 0.3) is 5.91 Å². The number of halogens is 1. The molecular formula is C17H16BrN3OS. The van der Waals surface area contributed by atoms with Crippen LogP contribution in [0.15, 0.2) is 44.7 Å². The smallest absolute Gasteiger partial charge is 0.264 e. The second-order valence-corrected chi connectivity index (χ2v) is 7.29. The van der Waals surface area contributed by atoms with Gasteiger partial charge >= 0.3 is 0 Å². The minimum absolute atomic E-state index is 0.105. The zero-order valence-corrected chi connectivity index (χ0v) is 15.5. The van der Waals surface area contributed by atoms with Crippen LogP contribution in [0.3, 0.4) is 0 Å². The fraction of sp³-hybridized carbons (Fsp3) is 0.176. The maximum Gasteiger partial charge on any atom is 0.264 e. The molecule has 0 radical (unpaired) electrons. The Labute approximate surface area is 147 Å². The van der Waals surface area contributed by atoms with E-state index < -0.39 is 0 Å². The molecule has 1 fully saturated rings. The van der Waals surface area contributed by atoms with Crippen LogP contribution in [0.1, 0.15) is 17.0 Å². The number of nitrogens with one attached hydrogen (secondary N) is 1. The molecule has 1 N–H and O–H groups in total. The van der Waals surface area contributed by atoms with E-state index in [1.165, 1.54) is 17.5 Å². The Balaban J connectivity index is 1.86. The molecule has 1 aliphatic heterocycles. The van der Waals surface area contributed by atoms with Gasteiger partial charge < -0.3 is 9.88 Å². The van der Waals surface area contributed by atoms with Crippen LogP contribution in [-0.2, 0) is 11.8 Å². The molecule has 1 aliphatic rings. The Morgan fingerprint density at radius 3 is 2.57 bits per heavy atom. The van der Waals surface area contributed by atoms with E-state index in [4.69, 9.17) is 0 Å². The topological polar surface area (TPSA) is 46.4 Å². The van der Waals surface area contributed by atoms with Crippen molar-refractivity contribution in [3.8, 4) is 0 Å². The van der Waals surface area contributed by atoms with E-state index >= 15 is 0 Å². The van der Waals surface area contributed by atoms with Crippen molar-refractivity contribution in [1.82, 2.24) is 9.88 Å². The molecule has 0 saturated carbocycles. The van der Waals surface area contributed by atoms with Crippen LogP contribution in [0.2, 0.25) is 0 Å². The lowest BCUT2D eigenvalue weighted by Crippen LogP contribution is -2.19. The number of hydrogen-bond acceptors (Lipinski definition) is 3. The second-order valence-electron chi connectivity index (χ2n) is 5.34. The number of benzene rings is 1. The van der Waals surface area contributed by atoms with E-state index in [2.05, 4.69) is 43.8 Å². The normalized spacial score (nSPS) is 18.0. The number of carbonyl (C=O) groups excluding carboxylic acids is 1. The van der Waals surface area contributed by atoms with E-state index in [1.54, 1.807) is 0 Å². The number of aryl methyl sites for hydroxylation is 1. The highest BCUT2D eigenvalue weighted by Gasteiger charge is 2.24. The number of carbonyl (C=O) groups is 1. The van der Waals surface area contributed by atoms with Crippen LogP contribution in [0.5, 0.6) is 0 Å². The van der Waals surface area contributed by atoms with Crippen molar-refractivity contribution < 1.29 is 4.79 Å². The van der Waals surface area contributed by atoms with Crippen LogP contribution in [0.4, 0.5) is 5.69 Å². The van der Waals surface area contributed by atoms with Gasteiger partial charge in [0.15, 0.2) is 5.17 Å². The van der Waals surface area contributed by atoms with Crippen molar-refractivity contribution in [3.05, 3.63) is 56.7 Å². The molecule has 6 heteroatoms. The molecule has 4 nitrogen and oxygen atoms in total. The summed E-state index contributed by atoms with van der Waals surface area (Å²) in [5.74, 6) is -0.105. The zero-order chi connectivity index (χ0) is 16.6. The monoisotopic (exact) mass is 389 g/mol. The summed E-state index contributed by atoms with van der Waals surface area (Å²) in [6.45, 7) is 4.10. The molecule has 1 aromatic carbocycles. The third kappa shape index (κ3) is 3.43. The molecule has 118 valence electrons. The molecule has 0 unspecified atom stereocenters. The van der Waals surface area contributed by atoms with Crippen LogP contribution in [0, 0.1) is 13.8 Å². The maximum atomic E-state index is 12.1. The molecule has 23 heavy (non-hydrogen) atoms. The molecule has 1 saturated heterocycles.